The van der Waals surface area contributed by atoms with Crippen LogP contribution in [0, 0.1) is 0 Å². The first-order chi connectivity index (χ1) is 6.34. The third kappa shape index (κ3) is 2.29. The van der Waals surface area contributed by atoms with Crippen LogP contribution < -0.4 is 5.32 Å². The van der Waals surface area contributed by atoms with Gasteiger partial charge in [-0.15, -0.1) is 0 Å². The molecule has 1 aromatic rings. The van der Waals surface area contributed by atoms with Gasteiger partial charge in [0.25, 0.3) is 0 Å². The Bertz CT molecular complexity index is 247. The summed E-state index contributed by atoms with van der Waals surface area (Å²) in [5.74, 6) is 0. The highest BCUT2D eigenvalue weighted by molar-refractivity contribution is 4.94. The molecule has 2 rings (SSSR count). The van der Waals surface area contributed by atoms with Crippen LogP contribution in [0.15, 0.2) is 12.5 Å². The van der Waals surface area contributed by atoms with Crippen LogP contribution in [0.2, 0.25) is 0 Å². The lowest BCUT2D eigenvalue weighted by Gasteiger charge is -2.10. The first kappa shape index (κ1) is 8.72. The zero-order valence-electron chi connectivity index (χ0n) is 7.53. The Hall–Kier alpha value is -0.870. The Morgan fingerprint density at radius 2 is 2.54 bits per heavy atom. The summed E-state index contributed by atoms with van der Waals surface area (Å²) in [7, 11) is 0. The Morgan fingerprint density at radius 3 is 3.15 bits per heavy atom. The summed E-state index contributed by atoms with van der Waals surface area (Å²) < 4.78 is 0. The molecular weight excluding hydrogens is 166 g/mol. The van der Waals surface area contributed by atoms with Crippen molar-refractivity contribution in [3.63, 3.8) is 0 Å². The minimum Gasteiger partial charge on any atom is -0.393 e. The molecule has 0 saturated heterocycles. The van der Waals surface area contributed by atoms with E-state index in [2.05, 4.69) is 15.3 Å². The van der Waals surface area contributed by atoms with Gasteiger partial charge in [0.05, 0.1) is 12.4 Å². The molecule has 72 valence electrons. The second-order valence-corrected chi connectivity index (χ2v) is 3.62. The molecule has 2 atom stereocenters. The van der Waals surface area contributed by atoms with Gasteiger partial charge in [-0.05, 0) is 19.3 Å². The smallest absolute Gasteiger partial charge is 0.0922 e. The number of aromatic nitrogens is 2. The number of hydrogen-bond acceptors (Lipinski definition) is 3. The standard InChI is InChI=1S/C9H15N3O/c13-9-2-1-7(3-9)11-5-8-4-10-6-12-8/h4,6-7,9,11,13H,1-3,5H2,(H,10,12)/t7-,9+/m0/s1. The highest BCUT2D eigenvalue weighted by Crippen LogP contribution is 2.18. The van der Waals surface area contributed by atoms with E-state index in [1.807, 2.05) is 6.20 Å². The van der Waals surface area contributed by atoms with Gasteiger partial charge in [0.2, 0.25) is 0 Å². The third-order valence-corrected chi connectivity index (χ3v) is 2.54. The number of hydrogen-bond donors (Lipinski definition) is 3. The second kappa shape index (κ2) is 3.89. The maximum absolute atomic E-state index is 9.30. The number of rotatable bonds is 3. The summed E-state index contributed by atoms with van der Waals surface area (Å²) in [5.41, 5.74) is 1.10. The maximum Gasteiger partial charge on any atom is 0.0922 e. The highest BCUT2D eigenvalue weighted by Gasteiger charge is 2.21. The predicted octanol–water partition coefficient (Wildman–Crippen LogP) is 0.413. The summed E-state index contributed by atoms with van der Waals surface area (Å²) in [6.07, 6.45) is 6.29. The van der Waals surface area contributed by atoms with Crippen molar-refractivity contribution in [1.82, 2.24) is 15.3 Å². The van der Waals surface area contributed by atoms with Gasteiger partial charge in [0.1, 0.15) is 0 Å². The molecule has 4 nitrogen and oxygen atoms in total. The van der Waals surface area contributed by atoms with Crippen LogP contribution in [0.5, 0.6) is 0 Å². The van der Waals surface area contributed by atoms with Crippen LogP contribution in [0.25, 0.3) is 0 Å². The lowest BCUT2D eigenvalue weighted by molar-refractivity contribution is 0.179. The molecule has 1 heterocycles. The zero-order valence-corrected chi connectivity index (χ0v) is 7.53. The number of H-pyrrole nitrogens is 1. The van der Waals surface area contributed by atoms with Crippen molar-refractivity contribution in [2.45, 2.75) is 38.0 Å². The van der Waals surface area contributed by atoms with Crippen molar-refractivity contribution in [2.24, 2.45) is 0 Å². The molecule has 1 aliphatic carbocycles. The largest absolute Gasteiger partial charge is 0.393 e. The molecule has 1 aliphatic rings. The SMILES string of the molecule is O[C@@H]1CC[C@H](NCc2cnc[nH]2)C1. The molecule has 0 unspecified atom stereocenters. The minimum atomic E-state index is -0.0979. The fourth-order valence-electron chi connectivity index (χ4n) is 1.78. The average molecular weight is 181 g/mol. The first-order valence-corrected chi connectivity index (χ1v) is 4.73. The van der Waals surface area contributed by atoms with Gasteiger partial charge in [-0.3, -0.25) is 0 Å². The fourth-order valence-corrected chi connectivity index (χ4v) is 1.78. The number of imidazole rings is 1. The van der Waals surface area contributed by atoms with Crippen molar-refractivity contribution in [3.8, 4) is 0 Å². The molecule has 0 radical (unpaired) electrons. The van der Waals surface area contributed by atoms with Gasteiger partial charge in [-0.2, -0.15) is 0 Å². The van der Waals surface area contributed by atoms with Crippen molar-refractivity contribution >= 4 is 0 Å². The molecule has 1 fully saturated rings. The van der Waals surface area contributed by atoms with E-state index in [1.165, 1.54) is 0 Å². The van der Waals surface area contributed by atoms with E-state index < -0.39 is 0 Å². The van der Waals surface area contributed by atoms with E-state index in [0.717, 1.165) is 31.5 Å². The topological polar surface area (TPSA) is 60.9 Å². The van der Waals surface area contributed by atoms with Crippen LogP contribution >= 0.6 is 0 Å². The third-order valence-electron chi connectivity index (χ3n) is 2.54. The quantitative estimate of drug-likeness (QED) is 0.633. The van der Waals surface area contributed by atoms with E-state index in [0.29, 0.717) is 6.04 Å². The van der Waals surface area contributed by atoms with Crippen LogP contribution in [-0.2, 0) is 6.54 Å². The Labute approximate surface area is 77.4 Å². The van der Waals surface area contributed by atoms with Crippen LogP contribution in [0.4, 0.5) is 0 Å². The molecule has 0 amide bonds. The van der Waals surface area contributed by atoms with Gasteiger partial charge in [0.15, 0.2) is 0 Å². The zero-order chi connectivity index (χ0) is 9.10. The molecule has 0 bridgehead atoms. The number of nitrogens with one attached hydrogen (secondary N) is 2. The van der Waals surface area contributed by atoms with Crippen molar-refractivity contribution in [2.75, 3.05) is 0 Å². The lowest BCUT2D eigenvalue weighted by atomic mass is 10.2. The van der Waals surface area contributed by atoms with Gasteiger partial charge >= 0.3 is 0 Å². The molecule has 4 heteroatoms. The van der Waals surface area contributed by atoms with Gasteiger partial charge in [-0.1, -0.05) is 0 Å². The number of nitrogens with zero attached hydrogens (tertiary/aromatic N) is 1. The number of aliphatic hydroxyl groups excluding tert-OH is 1. The molecular formula is C9H15N3O. The van der Waals surface area contributed by atoms with E-state index in [1.54, 1.807) is 6.33 Å². The van der Waals surface area contributed by atoms with Crippen molar-refractivity contribution in [1.29, 1.82) is 0 Å². The molecule has 3 N–H and O–H groups in total. The monoisotopic (exact) mass is 181 g/mol. The molecule has 0 spiro atoms. The van der Waals surface area contributed by atoms with E-state index in [9.17, 15) is 5.11 Å². The first-order valence-electron chi connectivity index (χ1n) is 4.73. The molecule has 1 aromatic heterocycles. The second-order valence-electron chi connectivity index (χ2n) is 3.62. The average Bonchev–Trinajstić information content (AvgIpc) is 2.71. The van der Waals surface area contributed by atoms with E-state index in [-0.39, 0.29) is 6.10 Å². The van der Waals surface area contributed by atoms with Crippen molar-refractivity contribution < 1.29 is 5.11 Å². The van der Waals surface area contributed by atoms with Crippen LogP contribution in [0.1, 0.15) is 25.0 Å². The van der Waals surface area contributed by atoms with Crippen LogP contribution in [0.3, 0.4) is 0 Å². The van der Waals surface area contributed by atoms with Crippen molar-refractivity contribution in [3.05, 3.63) is 18.2 Å². The molecule has 0 aromatic carbocycles. The van der Waals surface area contributed by atoms with Crippen LogP contribution in [-0.4, -0.2) is 27.2 Å². The Morgan fingerprint density at radius 1 is 1.62 bits per heavy atom. The summed E-state index contributed by atoms with van der Waals surface area (Å²) in [5, 5.41) is 12.7. The van der Waals surface area contributed by atoms with Gasteiger partial charge in [0, 0.05) is 24.5 Å². The van der Waals surface area contributed by atoms with Gasteiger partial charge in [-0.25, -0.2) is 4.98 Å². The minimum absolute atomic E-state index is 0.0979. The Balaban J connectivity index is 1.74. The summed E-state index contributed by atoms with van der Waals surface area (Å²) in [6, 6.07) is 0.471. The predicted molar refractivity (Wildman–Crippen MR) is 49.1 cm³/mol. The molecule has 13 heavy (non-hydrogen) atoms. The summed E-state index contributed by atoms with van der Waals surface area (Å²) in [4.78, 5) is 6.97. The maximum atomic E-state index is 9.30. The van der Waals surface area contributed by atoms with Gasteiger partial charge < -0.3 is 15.4 Å². The Kier molecular flexibility index (Phi) is 2.61. The summed E-state index contributed by atoms with van der Waals surface area (Å²) in [6.45, 7) is 0.817. The normalized spacial score (nSPS) is 28.1. The van der Waals surface area contributed by atoms with E-state index in [4.69, 9.17) is 0 Å². The fraction of sp³-hybridized carbons (Fsp3) is 0.667. The number of aliphatic hydroxyl groups is 1. The van der Waals surface area contributed by atoms with E-state index >= 15 is 0 Å². The number of aromatic amines is 1. The molecule has 0 aliphatic heterocycles. The highest BCUT2D eigenvalue weighted by atomic mass is 16.3. The lowest BCUT2D eigenvalue weighted by Crippen LogP contribution is -2.26. The summed E-state index contributed by atoms with van der Waals surface area (Å²) >= 11 is 0. The molecule has 1 saturated carbocycles.